The van der Waals surface area contributed by atoms with E-state index in [9.17, 15) is 9.59 Å². The zero-order valence-corrected chi connectivity index (χ0v) is 13.5. The standard InChI is InChI=1S/C17H26N2O2/c1-5-9-16(20)19(15(6-2)17(21)18-4)12-14-11-8-7-10-13(14)3/h7-8,10-11,15H,5-6,9,12H2,1-4H3,(H,18,21)/t15-/m0/s1. The SMILES string of the molecule is CCCC(=O)N(Cc1ccccc1C)[C@@H](CC)C(=O)NC. The van der Waals surface area contributed by atoms with E-state index in [1.54, 1.807) is 11.9 Å². The third-order valence-electron chi connectivity index (χ3n) is 3.70. The second-order valence-electron chi connectivity index (χ2n) is 5.24. The zero-order chi connectivity index (χ0) is 15.8. The molecule has 0 fully saturated rings. The minimum absolute atomic E-state index is 0.0382. The molecule has 1 atom stereocenters. The first kappa shape index (κ1) is 17.2. The summed E-state index contributed by atoms with van der Waals surface area (Å²) in [5.41, 5.74) is 2.22. The van der Waals surface area contributed by atoms with Crippen LogP contribution in [0.1, 0.15) is 44.2 Å². The molecule has 0 bridgehead atoms. The van der Waals surface area contributed by atoms with Crippen molar-refractivity contribution in [2.45, 2.75) is 52.6 Å². The minimum atomic E-state index is -0.409. The summed E-state index contributed by atoms with van der Waals surface area (Å²) >= 11 is 0. The van der Waals surface area contributed by atoms with Gasteiger partial charge >= 0.3 is 0 Å². The summed E-state index contributed by atoms with van der Waals surface area (Å²) in [5.74, 6) is -0.0632. The molecule has 0 spiro atoms. The lowest BCUT2D eigenvalue weighted by atomic mass is 10.1. The summed E-state index contributed by atoms with van der Waals surface area (Å²) < 4.78 is 0. The number of nitrogens with zero attached hydrogens (tertiary/aromatic N) is 1. The van der Waals surface area contributed by atoms with E-state index in [2.05, 4.69) is 5.32 Å². The van der Waals surface area contributed by atoms with Gasteiger partial charge in [0, 0.05) is 20.0 Å². The third kappa shape index (κ3) is 4.59. The summed E-state index contributed by atoms with van der Waals surface area (Å²) in [6.07, 6.45) is 1.87. The Balaban J connectivity index is 3.04. The number of benzene rings is 1. The minimum Gasteiger partial charge on any atom is -0.357 e. The molecule has 0 saturated carbocycles. The van der Waals surface area contributed by atoms with Crippen LogP contribution in [0.25, 0.3) is 0 Å². The molecule has 116 valence electrons. The highest BCUT2D eigenvalue weighted by atomic mass is 16.2. The number of hydrogen-bond acceptors (Lipinski definition) is 2. The molecule has 0 aromatic heterocycles. The molecule has 0 aliphatic heterocycles. The van der Waals surface area contributed by atoms with Crippen LogP contribution in [-0.2, 0) is 16.1 Å². The van der Waals surface area contributed by atoms with E-state index in [0.29, 0.717) is 19.4 Å². The molecule has 0 radical (unpaired) electrons. The van der Waals surface area contributed by atoms with Crippen LogP contribution in [0.3, 0.4) is 0 Å². The van der Waals surface area contributed by atoms with Gasteiger partial charge in [0.05, 0.1) is 0 Å². The van der Waals surface area contributed by atoms with Crippen LogP contribution in [0.5, 0.6) is 0 Å². The van der Waals surface area contributed by atoms with E-state index in [-0.39, 0.29) is 11.8 Å². The second-order valence-corrected chi connectivity index (χ2v) is 5.24. The van der Waals surface area contributed by atoms with Crippen LogP contribution in [0.2, 0.25) is 0 Å². The molecule has 0 aliphatic rings. The van der Waals surface area contributed by atoms with Gasteiger partial charge in [-0.2, -0.15) is 0 Å². The maximum absolute atomic E-state index is 12.4. The van der Waals surface area contributed by atoms with Gasteiger partial charge < -0.3 is 10.2 Å². The maximum atomic E-state index is 12.4. The number of amides is 2. The van der Waals surface area contributed by atoms with Gasteiger partial charge in [-0.05, 0) is 30.9 Å². The number of likely N-dealkylation sites (N-methyl/N-ethyl adjacent to an activating group) is 1. The van der Waals surface area contributed by atoms with Crippen molar-refractivity contribution >= 4 is 11.8 Å². The van der Waals surface area contributed by atoms with E-state index < -0.39 is 6.04 Å². The Morgan fingerprint density at radius 1 is 1.24 bits per heavy atom. The van der Waals surface area contributed by atoms with Crippen LogP contribution in [0.4, 0.5) is 0 Å². The zero-order valence-electron chi connectivity index (χ0n) is 13.5. The Hall–Kier alpha value is -1.84. The molecular weight excluding hydrogens is 264 g/mol. The van der Waals surface area contributed by atoms with Crippen molar-refractivity contribution in [3.63, 3.8) is 0 Å². The second kappa shape index (κ2) is 8.45. The number of nitrogens with one attached hydrogen (secondary N) is 1. The Bertz CT molecular complexity index is 485. The maximum Gasteiger partial charge on any atom is 0.242 e. The predicted molar refractivity (Wildman–Crippen MR) is 84.8 cm³/mol. The third-order valence-corrected chi connectivity index (χ3v) is 3.70. The number of rotatable bonds is 7. The van der Waals surface area contributed by atoms with Gasteiger partial charge in [-0.15, -0.1) is 0 Å². The van der Waals surface area contributed by atoms with Crippen molar-refractivity contribution in [2.75, 3.05) is 7.05 Å². The van der Waals surface area contributed by atoms with Crippen molar-refractivity contribution in [3.8, 4) is 0 Å². The van der Waals surface area contributed by atoms with Crippen LogP contribution in [-0.4, -0.2) is 29.8 Å². The average molecular weight is 290 g/mol. The monoisotopic (exact) mass is 290 g/mol. The van der Waals surface area contributed by atoms with Gasteiger partial charge in [0.2, 0.25) is 11.8 Å². The van der Waals surface area contributed by atoms with E-state index in [1.807, 2.05) is 45.0 Å². The molecule has 1 aromatic rings. The molecule has 0 heterocycles. The van der Waals surface area contributed by atoms with Gasteiger partial charge in [0.25, 0.3) is 0 Å². The average Bonchev–Trinajstić information content (AvgIpc) is 2.48. The summed E-state index contributed by atoms with van der Waals surface area (Å²) in [5, 5.41) is 2.66. The number of hydrogen-bond donors (Lipinski definition) is 1. The first-order valence-electron chi connectivity index (χ1n) is 7.60. The lowest BCUT2D eigenvalue weighted by Gasteiger charge is -2.30. The van der Waals surface area contributed by atoms with Gasteiger partial charge in [0.1, 0.15) is 6.04 Å². The van der Waals surface area contributed by atoms with Crippen molar-refractivity contribution < 1.29 is 9.59 Å². The fourth-order valence-electron chi connectivity index (χ4n) is 2.41. The number of carbonyl (C=O) groups excluding carboxylic acids is 2. The molecule has 1 N–H and O–H groups in total. The van der Waals surface area contributed by atoms with Crippen LogP contribution >= 0.6 is 0 Å². The lowest BCUT2D eigenvalue weighted by Crippen LogP contribution is -2.48. The molecule has 0 unspecified atom stereocenters. The van der Waals surface area contributed by atoms with Gasteiger partial charge in [0.15, 0.2) is 0 Å². The van der Waals surface area contributed by atoms with Crippen molar-refractivity contribution in [1.29, 1.82) is 0 Å². The highest BCUT2D eigenvalue weighted by Gasteiger charge is 2.27. The van der Waals surface area contributed by atoms with E-state index in [1.165, 1.54) is 0 Å². The highest BCUT2D eigenvalue weighted by Crippen LogP contribution is 2.16. The van der Waals surface area contributed by atoms with Crippen molar-refractivity contribution in [1.82, 2.24) is 10.2 Å². The Labute approximate surface area is 127 Å². The number of carbonyl (C=O) groups is 2. The summed E-state index contributed by atoms with van der Waals surface area (Å²) in [6.45, 7) is 6.42. The summed E-state index contributed by atoms with van der Waals surface area (Å²) in [7, 11) is 1.61. The van der Waals surface area contributed by atoms with E-state index in [0.717, 1.165) is 17.5 Å². The molecule has 0 aliphatic carbocycles. The predicted octanol–water partition coefficient (Wildman–Crippen LogP) is 2.65. The summed E-state index contributed by atoms with van der Waals surface area (Å²) in [6, 6.07) is 7.57. The Morgan fingerprint density at radius 3 is 2.43 bits per heavy atom. The van der Waals surface area contributed by atoms with E-state index >= 15 is 0 Å². The fraction of sp³-hybridized carbons (Fsp3) is 0.529. The van der Waals surface area contributed by atoms with Crippen LogP contribution < -0.4 is 5.32 Å². The van der Waals surface area contributed by atoms with Crippen LogP contribution in [0, 0.1) is 6.92 Å². The molecular formula is C17H26N2O2. The molecule has 1 aromatic carbocycles. The topological polar surface area (TPSA) is 49.4 Å². The fourth-order valence-corrected chi connectivity index (χ4v) is 2.41. The van der Waals surface area contributed by atoms with E-state index in [4.69, 9.17) is 0 Å². The molecule has 2 amide bonds. The first-order valence-corrected chi connectivity index (χ1v) is 7.60. The van der Waals surface area contributed by atoms with Crippen molar-refractivity contribution in [3.05, 3.63) is 35.4 Å². The van der Waals surface area contributed by atoms with Crippen molar-refractivity contribution in [2.24, 2.45) is 0 Å². The molecule has 4 heteroatoms. The molecule has 0 saturated heterocycles. The van der Waals surface area contributed by atoms with Crippen LogP contribution in [0.15, 0.2) is 24.3 Å². The summed E-state index contributed by atoms with van der Waals surface area (Å²) in [4.78, 5) is 26.2. The first-order chi connectivity index (χ1) is 10.0. The smallest absolute Gasteiger partial charge is 0.242 e. The molecule has 1 rings (SSSR count). The molecule has 4 nitrogen and oxygen atoms in total. The molecule has 21 heavy (non-hydrogen) atoms. The Morgan fingerprint density at radius 2 is 1.90 bits per heavy atom. The van der Waals surface area contributed by atoms with Gasteiger partial charge in [-0.1, -0.05) is 38.1 Å². The Kier molecular flexibility index (Phi) is 6.92. The van der Waals surface area contributed by atoms with Gasteiger partial charge in [-0.25, -0.2) is 0 Å². The van der Waals surface area contributed by atoms with Gasteiger partial charge in [-0.3, -0.25) is 9.59 Å². The highest BCUT2D eigenvalue weighted by molar-refractivity contribution is 5.87. The normalized spacial score (nSPS) is 11.8. The number of aryl methyl sites for hydroxylation is 1. The lowest BCUT2D eigenvalue weighted by molar-refractivity contribution is -0.141. The quantitative estimate of drug-likeness (QED) is 0.839. The largest absolute Gasteiger partial charge is 0.357 e.